The Hall–Kier alpha value is -3.35. The number of amides is 3. The number of aromatic hydroxyl groups is 2. The van der Waals surface area contributed by atoms with Crippen molar-refractivity contribution in [2.75, 3.05) is 0 Å². The monoisotopic (exact) mass is 314 g/mol. The normalized spacial score (nSPS) is 11.3. The number of hydrogen-bond acceptors (Lipinski definition) is 5. The Morgan fingerprint density at radius 1 is 1.00 bits per heavy atom. The summed E-state index contributed by atoms with van der Waals surface area (Å²) in [5.41, 5.74) is 0.387. The molecule has 0 bridgehead atoms. The van der Waals surface area contributed by atoms with Gasteiger partial charge in [-0.25, -0.2) is 4.79 Å². The summed E-state index contributed by atoms with van der Waals surface area (Å²) < 4.78 is 0. The van der Waals surface area contributed by atoms with E-state index < -0.39 is 18.0 Å². The molecule has 2 rings (SSSR count). The Bertz CT molecular complexity index is 728. The third-order valence-electron chi connectivity index (χ3n) is 3.05. The minimum absolute atomic E-state index is 0.0255. The molecule has 0 saturated heterocycles. The number of hydrogen-bond donors (Lipinski definition) is 4. The van der Waals surface area contributed by atoms with Gasteiger partial charge in [0.25, 0.3) is 5.91 Å². The highest BCUT2D eigenvalue weighted by Crippen LogP contribution is 2.16. The van der Waals surface area contributed by atoms with E-state index in [-0.39, 0.29) is 17.1 Å². The molecule has 3 amide bonds. The largest absolute Gasteiger partial charge is 0.508 e. The fraction of sp³-hybridized carbons (Fsp3) is 0.0625. The summed E-state index contributed by atoms with van der Waals surface area (Å²) in [6.07, 6.45) is 0.496. The minimum Gasteiger partial charge on any atom is -0.508 e. The molecular weight excluding hydrogens is 300 g/mol. The van der Waals surface area contributed by atoms with Crippen LogP contribution in [0.2, 0.25) is 0 Å². The van der Waals surface area contributed by atoms with Crippen molar-refractivity contribution in [1.29, 1.82) is 0 Å². The van der Waals surface area contributed by atoms with E-state index in [0.29, 0.717) is 11.8 Å². The molecule has 7 nitrogen and oxygen atoms in total. The molecule has 0 aliphatic rings. The Morgan fingerprint density at radius 2 is 1.65 bits per heavy atom. The fourth-order valence-electron chi connectivity index (χ4n) is 1.89. The number of phenols is 2. The number of carbonyl (C=O) groups excluding carboxylic acids is 3. The number of imide groups is 1. The van der Waals surface area contributed by atoms with Crippen molar-refractivity contribution in [2.24, 2.45) is 0 Å². The van der Waals surface area contributed by atoms with Gasteiger partial charge < -0.3 is 20.3 Å². The van der Waals surface area contributed by atoms with E-state index in [1.54, 1.807) is 6.07 Å². The Balaban J connectivity index is 2.03. The molecule has 0 aliphatic heterocycles. The third-order valence-corrected chi connectivity index (χ3v) is 3.05. The second kappa shape index (κ2) is 7.08. The number of para-hydroxylation sites is 1. The van der Waals surface area contributed by atoms with E-state index in [2.05, 4.69) is 5.32 Å². The van der Waals surface area contributed by atoms with Gasteiger partial charge in [-0.3, -0.25) is 10.1 Å². The van der Waals surface area contributed by atoms with Crippen LogP contribution in [0.15, 0.2) is 48.5 Å². The number of nitrogens with one attached hydrogen (secondary N) is 2. The quantitative estimate of drug-likeness (QED) is 0.638. The summed E-state index contributed by atoms with van der Waals surface area (Å²) in [5, 5.41) is 23.1. The molecule has 0 saturated carbocycles. The maximum Gasteiger partial charge on any atom is 0.322 e. The Labute approximate surface area is 131 Å². The number of phenolic OH excluding ortho intramolecular Hbond substituents is 2. The van der Waals surface area contributed by atoms with Crippen LogP contribution >= 0.6 is 0 Å². The first-order valence-corrected chi connectivity index (χ1v) is 6.65. The molecule has 2 aromatic carbocycles. The van der Waals surface area contributed by atoms with Crippen LogP contribution in [-0.4, -0.2) is 28.4 Å². The average Bonchev–Trinajstić information content (AvgIpc) is 2.54. The molecule has 0 radical (unpaired) electrons. The number of urea groups is 1. The van der Waals surface area contributed by atoms with Crippen molar-refractivity contribution in [3.05, 3.63) is 59.7 Å². The molecule has 118 valence electrons. The van der Waals surface area contributed by atoms with E-state index in [0.717, 1.165) is 0 Å². The summed E-state index contributed by atoms with van der Waals surface area (Å²) in [7, 11) is 0. The van der Waals surface area contributed by atoms with Crippen LogP contribution in [-0.2, 0) is 4.79 Å². The van der Waals surface area contributed by atoms with Gasteiger partial charge in [-0.15, -0.1) is 0 Å². The van der Waals surface area contributed by atoms with E-state index in [1.807, 2.05) is 5.32 Å². The van der Waals surface area contributed by atoms with Gasteiger partial charge in [-0.1, -0.05) is 24.3 Å². The average molecular weight is 314 g/mol. The number of rotatable bonds is 4. The summed E-state index contributed by atoms with van der Waals surface area (Å²) in [6, 6.07) is 9.58. The van der Waals surface area contributed by atoms with E-state index >= 15 is 0 Å². The Morgan fingerprint density at radius 3 is 2.26 bits per heavy atom. The molecular formula is C16H14N2O5. The van der Waals surface area contributed by atoms with E-state index in [1.165, 1.54) is 42.5 Å². The van der Waals surface area contributed by atoms with Crippen LogP contribution in [0, 0.1) is 0 Å². The van der Waals surface area contributed by atoms with Crippen LogP contribution in [0.5, 0.6) is 11.5 Å². The lowest BCUT2D eigenvalue weighted by Crippen LogP contribution is -2.41. The molecule has 1 atom stereocenters. The SMILES string of the molecule is O=CC(NC(=O)NC(=O)c1ccccc1O)c1ccc(O)cc1. The Kier molecular flexibility index (Phi) is 4.93. The third kappa shape index (κ3) is 4.07. The highest BCUT2D eigenvalue weighted by molar-refractivity contribution is 6.06. The maximum atomic E-state index is 11.9. The molecule has 0 heterocycles. The second-order valence-corrected chi connectivity index (χ2v) is 4.65. The molecule has 0 aliphatic carbocycles. The topological polar surface area (TPSA) is 116 Å². The van der Waals surface area contributed by atoms with Crippen molar-refractivity contribution in [2.45, 2.75) is 6.04 Å². The van der Waals surface area contributed by atoms with Crippen molar-refractivity contribution >= 4 is 18.2 Å². The van der Waals surface area contributed by atoms with Gasteiger partial charge in [0.2, 0.25) is 0 Å². The first-order valence-electron chi connectivity index (χ1n) is 6.65. The lowest BCUT2D eigenvalue weighted by molar-refractivity contribution is -0.109. The standard InChI is InChI=1S/C16H14N2O5/c19-9-13(10-5-7-11(20)8-6-10)17-16(23)18-15(22)12-3-1-2-4-14(12)21/h1-9,13,20-21H,(H2,17,18,22,23). The van der Waals surface area contributed by atoms with Gasteiger partial charge in [0.05, 0.1) is 5.56 Å². The van der Waals surface area contributed by atoms with Crippen LogP contribution < -0.4 is 10.6 Å². The summed E-state index contributed by atoms with van der Waals surface area (Å²) >= 11 is 0. The molecule has 4 N–H and O–H groups in total. The van der Waals surface area contributed by atoms with Gasteiger partial charge in [-0.05, 0) is 29.8 Å². The summed E-state index contributed by atoms with van der Waals surface area (Å²) in [4.78, 5) is 34.8. The maximum absolute atomic E-state index is 11.9. The van der Waals surface area contributed by atoms with E-state index in [4.69, 9.17) is 0 Å². The van der Waals surface area contributed by atoms with Gasteiger partial charge in [0.1, 0.15) is 23.8 Å². The molecule has 0 aromatic heterocycles. The summed E-state index contributed by atoms with van der Waals surface area (Å²) in [6.45, 7) is 0. The van der Waals surface area contributed by atoms with Crippen molar-refractivity contribution in [1.82, 2.24) is 10.6 Å². The molecule has 23 heavy (non-hydrogen) atoms. The highest BCUT2D eigenvalue weighted by Gasteiger charge is 2.17. The number of benzene rings is 2. The minimum atomic E-state index is -0.979. The van der Waals surface area contributed by atoms with Gasteiger partial charge in [-0.2, -0.15) is 0 Å². The predicted octanol–water partition coefficient (Wildman–Crippen LogP) is 1.48. The number of carbonyl (C=O) groups is 3. The van der Waals surface area contributed by atoms with E-state index in [9.17, 15) is 24.6 Å². The van der Waals surface area contributed by atoms with Crippen LogP contribution in [0.1, 0.15) is 22.0 Å². The first kappa shape index (κ1) is 16.0. The van der Waals surface area contributed by atoms with Gasteiger partial charge >= 0.3 is 6.03 Å². The van der Waals surface area contributed by atoms with Crippen LogP contribution in [0.25, 0.3) is 0 Å². The number of aldehydes is 1. The second-order valence-electron chi connectivity index (χ2n) is 4.65. The fourth-order valence-corrected chi connectivity index (χ4v) is 1.89. The zero-order valence-corrected chi connectivity index (χ0v) is 11.9. The molecule has 1 unspecified atom stereocenters. The zero-order chi connectivity index (χ0) is 16.8. The lowest BCUT2D eigenvalue weighted by Gasteiger charge is -2.13. The molecule has 7 heteroatoms. The molecule has 2 aromatic rings. The van der Waals surface area contributed by atoms with Gasteiger partial charge in [0, 0.05) is 0 Å². The highest BCUT2D eigenvalue weighted by atomic mass is 16.3. The van der Waals surface area contributed by atoms with Crippen molar-refractivity contribution in [3.63, 3.8) is 0 Å². The smallest absolute Gasteiger partial charge is 0.322 e. The van der Waals surface area contributed by atoms with Gasteiger partial charge in [0.15, 0.2) is 0 Å². The summed E-state index contributed by atoms with van der Waals surface area (Å²) in [5.74, 6) is -1.03. The van der Waals surface area contributed by atoms with Crippen LogP contribution in [0.3, 0.4) is 0 Å². The lowest BCUT2D eigenvalue weighted by atomic mass is 10.1. The molecule has 0 spiro atoms. The van der Waals surface area contributed by atoms with Crippen LogP contribution in [0.4, 0.5) is 4.79 Å². The first-order chi connectivity index (χ1) is 11.0. The van der Waals surface area contributed by atoms with Crippen molar-refractivity contribution < 1.29 is 24.6 Å². The molecule has 0 fully saturated rings. The zero-order valence-electron chi connectivity index (χ0n) is 11.9. The predicted molar refractivity (Wildman–Crippen MR) is 81.0 cm³/mol. The van der Waals surface area contributed by atoms with Crippen molar-refractivity contribution in [3.8, 4) is 11.5 Å².